The number of thiophene rings is 1. The molecule has 1 amide bonds. The van der Waals surface area contributed by atoms with E-state index in [2.05, 4.69) is 15.7 Å². The highest BCUT2D eigenvalue weighted by Gasteiger charge is 2.47. The van der Waals surface area contributed by atoms with Gasteiger partial charge in [0, 0.05) is 11.3 Å². The van der Waals surface area contributed by atoms with Gasteiger partial charge in [-0.05, 0) is 43.2 Å². The Morgan fingerprint density at radius 2 is 1.97 bits per heavy atom. The molecule has 2 aliphatic rings. The Bertz CT molecular complexity index is 1300. The zero-order valence-corrected chi connectivity index (χ0v) is 21.0. The molecule has 37 heavy (non-hydrogen) atoms. The van der Waals surface area contributed by atoms with Gasteiger partial charge in [-0.1, -0.05) is 37.3 Å². The van der Waals surface area contributed by atoms with Gasteiger partial charge in [0.05, 0.1) is 24.4 Å². The average molecular weight is 533 g/mol. The van der Waals surface area contributed by atoms with Crippen LogP contribution in [0.3, 0.4) is 0 Å². The van der Waals surface area contributed by atoms with Crippen LogP contribution in [-0.2, 0) is 17.6 Å². The van der Waals surface area contributed by atoms with Crippen molar-refractivity contribution in [1.82, 2.24) is 9.78 Å². The smallest absolute Gasteiger partial charge is 0.410 e. The summed E-state index contributed by atoms with van der Waals surface area (Å²) in [6, 6.07) is 6.28. The first-order valence-corrected chi connectivity index (χ1v) is 13.2. The molecule has 0 fully saturated rings. The van der Waals surface area contributed by atoms with Gasteiger partial charge >= 0.3 is 12.1 Å². The van der Waals surface area contributed by atoms with Crippen LogP contribution >= 0.6 is 11.3 Å². The zero-order chi connectivity index (χ0) is 26.2. The van der Waals surface area contributed by atoms with Crippen LogP contribution in [0.15, 0.2) is 36.5 Å². The maximum Gasteiger partial charge on any atom is 0.410 e. The molecule has 3 aromatic rings. The van der Waals surface area contributed by atoms with Crippen LogP contribution in [0.2, 0.25) is 0 Å². The number of ether oxygens (including phenoxy) is 1. The van der Waals surface area contributed by atoms with Crippen molar-refractivity contribution >= 4 is 34.0 Å². The number of benzene rings is 1. The molecule has 1 aliphatic carbocycles. The Labute approximate surface area is 216 Å². The molecule has 2 atom stereocenters. The maximum atomic E-state index is 14.0. The van der Waals surface area contributed by atoms with E-state index in [-0.39, 0.29) is 24.4 Å². The van der Waals surface area contributed by atoms with Crippen molar-refractivity contribution in [3.05, 3.63) is 63.7 Å². The third-order valence-electron chi connectivity index (χ3n) is 6.72. The van der Waals surface area contributed by atoms with E-state index in [0.717, 1.165) is 47.0 Å². The molecule has 0 bridgehead atoms. The Morgan fingerprint density at radius 3 is 2.70 bits per heavy atom. The zero-order valence-electron chi connectivity index (χ0n) is 20.2. The Morgan fingerprint density at radius 1 is 1.22 bits per heavy atom. The summed E-state index contributed by atoms with van der Waals surface area (Å²) in [6.07, 6.45) is 0.455. The second-order valence-corrected chi connectivity index (χ2v) is 10.4. The molecule has 1 aromatic carbocycles. The number of nitrogens with zero attached hydrogens (tertiary/aromatic N) is 2. The number of nitrogens with one attached hydrogen (secondary N) is 2. The summed E-state index contributed by atoms with van der Waals surface area (Å²) in [5.74, 6) is -1.13. The predicted molar refractivity (Wildman–Crippen MR) is 134 cm³/mol. The van der Waals surface area contributed by atoms with Crippen LogP contribution < -0.4 is 10.6 Å². The van der Waals surface area contributed by atoms with Crippen LogP contribution in [0.5, 0.6) is 0 Å². The number of aryl methyl sites for hydroxylation is 1. The SMILES string of the molecule is CCCOC(=O)c1c(NC(=O)c2cnn3c2N[C@H](c2ccccc2)C[C@@H]3C(F)(F)F)sc2c1CCCC2. The summed E-state index contributed by atoms with van der Waals surface area (Å²) in [6.45, 7) is 2.16. The number of rotatable bonds is 6. The second-order valence-electron chi connectivity index (χ2n) is 9.26. The third kappa shape index (κ3) is 4.96. The number of hydrogen-bond donors (Lipinski definition) is 2. The lowest BCUT2D eigenvalue weighted by atomic mass is 9.95. The summed E-state index contributed by atoms with van der Waals surface area (Å²) < 4.78 is 48.2. The second kappa shape index (κ2) is 10.2. The van der Waals surface area contributed by atoms with E-state index in [9.17, 15) is 22.8 Å². The Kier molecular flexibility index (Phi) is 6.98. The van der Waals surface area contributed by atoms with Crippen molar-refractivity contribution in [2.75, 3.05) is 17.2 Å². The number of anilines is 2. The highest BCUT2D eigenvalue weighted by atomic mass is 32.1. The molecule has 7 nitrogen and oxygen atoms in total. The van der Waals surface area contributed by atoms with Gasteiger partial charge in [-0.25, -0.2) is 9.48 Å². The predicted octanol–water partition coefficient (Wildman–Crippen LogP) is 6.30. The number of fused-ring (bicyclic) bond motifs is 2. The van der Waals surface area contributed by atoms with Gasteiger partial charge in [0.25, 0.3) is 5.91 Å². The van der Waals surface area contributed by atoms with E-state index in [1.807, 2.05) is 6.92 Å². The fourth-order valence-electron chi connectivity index (χ4n) is 4.94. The molecule has 3 heterocycles. The van der Waals surface area contributed by atoms with E-state index in [1.165, 1.54) is 11.3 Å². The normalized spacial score (nSPS) is 18.9. The highest BCUT2D eigenvalue weighted by Crippen LogP contribution is 2.45. The van der Waals surface area contributed by atoms with Gasteiger partial charge in [-0.2, -0.15) is 18.3 Å². The summed E-state index contributed by atoms with van der Waals surface area (Å²) in [5, 5.41) is 10.2. The van der Waals surface area contributed by atoms with Crippen LogP contribution in [-0.4, -0.2) is 34.4 Å². The van der Waals surface area contributed by atoms with Gasteiger partial charge in [-0.3, -0.25) is 4.79 Å². The molecule has 0 radical (unpaired) electrons. The molecule has 0 saturated carbocycles. The lowest BCUT2D eigenvalue weighted by molar-refractivity contribution is -0.173. The van der Waals surface area contributed by atoms with Gasteiger partial charge in [0.15, 0.2) is 6.04 Å². The lowest BCUT2D eigenvalue weighted by Gasteiger charge is -2.34. The largest absolute Gasteiger partial charge is 0.462 e. The molecular weight excluding hydrogens is 505 g/mol. The van der Waals surface area contributed by atoms with E-state index in [1.54, 1.807) is 30.3 Å². The minimum Gasteiger partial charge on any atom is -0.462 e. The molecule has 5 rings (SSSR count). The molecule has 11 heteroatoms. The van der Waals surface area contributed by atoms with Crippen molar-refractivity contribution in [3.8, 4) is 0 Å². The van der Waals surface area contributed by atoms with E-state index in [0.29, 0.717) is 22.5 Å². The third-order valence-corrected chi connectivity index (χ3v) is 7.93. The van der Waals surface area contributed by atoms with Crippen LogP contribution in [0.4, 0.5) is 24.0 Å². The number of carbonyl (C=O) groups excluding carboxylic acids is 2. The number of halogens is 3. The first-order valence-electron chi connectivity index (χ1n) is 12.4. The molecule has 0 saturated heterocycles. The summed E-state index contributed by atoms with van der Waals surface area (Å²) in [5.41, 5.74) is 1.91. The minimum absolute atomic E-state index is 0.00337. The number of hydrogen-bond acceptors (Lipinski definition) is 6. The first-order chi connectivity index (χ1) is 17.8. The van der Waals surface area contributed by atoms with E-state index in [4.69, 9.17) is 4.74 Å². The standard InChI is InChI=1S/C26H27F3N4O3S/c1-2-12-36-25(35)21-16-10-6-7-11-19(16)37-24(21)32-23(34)17-14-30-33-20(26(27,28)29)13-18(31-22(17)33)15-8-4-3-5-9-15/h3-5,8-9,14,18,20,31H,2,6-7,10-13H2,1H3,(H,32,34)/t18-,20+/m0/s1. The number of amides is 1. The number of aromatic nitrogens is 2. The van der Waals surface area contributed by atoms with Crippen molar-refractivity contribution in [2.45, 2.75) is 63.7 Å². The highest BCUT2D eigenvalue weighted by molar-refractivity contribution is 7.17. The fraction of sp³-hybridized carbons (Fsp3) is 0.423. The molecule has 2 N–H and O–H groups in total. The van der Waals surface area contributed by atoms with Gasteiger partial charge in [0.2, 0.25) is 0 Å². The minimum atomic E-state index is -4.55. The van der Waals surface area contributed by atoms with Gasteiger partial charge < -0.3 is 15.4 Å². The lowest BCUT2D eigenvalue weighted by Crippen LogP contribution is -2.36. The van der Waals surface area contributed by atoms with Crippen molar-refractivity contribution in [2.24, 2.45) is 0 Å². The average Bonchev–Trinajstić information content (AvgIpc) is 3.47. The van der Waals surface area contributed by atoms with E-state index < -0.39 is 30.1 Å². The first kappa shape index (κ1) is 25.3. The summed E-state index contributed by atoms with van der Waals surface area (Å²) in [4.78, 5) is 27.3. The maximum absolute atomic E-state index is 14.0. The summed E-state index contributed by atoms with van der Waals surface area (Å²) in [7, 11) is 0. The monoisotopic (exact) mass is 532 g/mol. The molecular formula is C26H27F3N4O3S. The number of alkyl halides is 3. The van der Waals surface area contributed by atoms with Crippen molar-refractivity contribution in [1.29, 1.82) is 0 Å². The van der Waals surface area contributed by atoms with Gasteiger partial charge in [0.1, 0.15) is 16.4 Å². The molecule has 2 aromatic heterocycles. The van der Waals surface area contributed by atoms with Crippen LogP contribution in [0, 0.1) is 0 Å². The van der Waals surface area contributed by atoms with Crippen molar-refractivity contribution in [3.63, 3.8) is 0 Å². The van der Waals surface area contributed by atoms with E-state index >= 15 is 0 Å². The van der Waals surface area contributed by atoms with Crippen molar-refractivity contribution < 1.29 is 27.5 Å². The molecule has 196 valence electrons. The summed E-state index contributed by atoms with van der Waals surface area (Å²) >= 11 is 1.33. The molecule has 0 spiro atoms. The quantitative estimate of drug-likeness (QED) is 0.364. The molecule has 1 aliphatic heterocycles. The molecule has 0 unspecified atom stereocenters. The van der Waals surface area contributed by atoms with Crippen LogP contribution in [0.25, 0.3) is 0 Å². The Balaban J connectivity index is 1.48. The number of esters is 1. The number of carbonyl (C=O) groups is 2. The van der Waals surface area contributed by atoms with Crippen LogP contribution in [0.1, 0.15) is 81.4 Å². The topological polar surface area (TPSA) is 85.2 Å². The fourth-order valence-corrected chi connectivity index (χ4v) is 6.21. The van der Waals surface area contributed by atoms with Gasteiger partial charge in [-0.15, -0.1) is 11.3 Å². The Hall–Kier alpha value is -3.34.